The number of anilines is 2. The molecule has 2 aromatic carbocycles. The van der Waals surface area contributed by atoms with Crippen LogP contribution >= 0.6 is 0 Å². The number of hydrogen-bond donors (Lipinski definition) is 2. The standard InChI is InChI=1S/C21H23N3O4/c1-14(25)22-16-5-7-17(8-6-16)23-19-13-20(26)24(21(19)27)12-11-15-3-9-18(28-2)10-4-15/h3-10,19,23H,11-13H2,1-2H3,(H,22,25)/t19-/m1/s1. The molecule has 28 heavy (non-hydrogen) atoms. The molecule has 0 bridgehead atoms. The molecule has 146 valence electrons. The number of nitrogens with zero attached hydrogens (tertiary/aromatic N) is 1. The molecule has 0 aliphatic carbocycles. The SMILES string of the molecule is COc1ccc(CCN2C(=O)C[C@@H](Nc3ccc(NC(C)=O)cc3)C2=O)cc1. The monoisotopic (exact) mass is 381 g/mol. The van der Waals surface area contributed by atoms with Crippen molar-refractivity contribution >= 4 is 29.1 Å². The largest absolute Gasteiger partial charge is 0.497 e. The highest BCUT2D eigenvalue weighted by atomic mass is 16.5. The number of benzene rings is 2. The second-order valence-corrected chi connectivity index (χ2v) is 6.64. The lowest BCUT2D eigenvalue weighted by Gasteiger charge is -2.16. The molecule has 0 aromatic heterocycles. The summed E-state index contributed by atoms with van der Waals surface area (Å²) in [6.07, 6.45) is 0.731. The molecule has 1 fully saturated rings. The lowest BCUT2D eigenvalue weighted by Crippen LogP contribution is -2.36. The van der Waals surface area contributed by atoms with Crippen molar-refractivity contribution in [3.63, 3.8) is 0 Å². The summed E-state index contributed by atoms with van der Waals surface area (Å²) in [7, 11) is 1.61. The van der Waals surface area contributed by atoms with Gasteiger partial charge in [0, 0.05) is 24.8 Å². The van der Waals surface area contributed by atoms with Crippen molar-refractivity contribution in [3.8, 4) is 5.75 Å². The summed E-state index contributed by atoms with van der Waals surface area (Å²) in [5.74, 6) is 0.228. The van der Waals surface area contributed by atoms with Crippen LogP contribution in [0, 0.1) is 0 Å². The summed E-state index contributed by atoms with van der Waals surface area (Å²) in [5.41, 5.74) is 2.43. The quantitative estimate of drug-likeness (QED) is 0.720. The van der Waals surface area contributed by atoms with Crippen LogP contribution in [0.4, 0.5) is 11.4 Å². The minimum Gasteiger partial charge on any atom is -0.497 e. The third-order valence-electron chi connectivity index (χ3n) is 4.57. The normalized spacial score (nSPS) is 16.2. The van der Waals surface area contributed by atoms with Gasteiger partial charge in [0.1, 0.15) is 11.8 Å². The first-order valence-corrected chi connectivity index (χ1v) is 9.07. The minimum atomic E-state index is -0.574. The molecular formula is C21H23N3O4. The molecule has 2 N–H and O–H groups in total. The number of hydrogen-bond acceptors (Lipinski definition) is 5. The first-order valence-electron chi connectivity index (χ1n) is 9.07. The molecule has 0 spiro atoms. The Labute approximate surface area is 163 Å². The number of ether oxygens (including phenoxy) is 1. The number of methoxy groups -OCH3 is 1. The summed E-state index contributed by atoms with van der Waals surface area (Å²) >= 11 is 0. The van der Waals surface area contributed by atoms with Crippen LogP contribution in [0.1, 0.15) is 18.9 Å². The molecule has 0 saturated carbocycles. The minimum absolute atomic E-state index is 0.134. The van der Waals surface area contributed by atoms with Gasteiger partial charge in [0.15, 0.2) is 0 Å². The van der Waals surface area contributed by atoms with Crippen LogP contribution in [-0.2, 0) is 20.8 Å². The first kappa shape index (κ1) is 19.4. The molecule has 0 radical (unpaired) electrons. The number of carbonyl (C=O) groups excluding carboxylic acids is 3. The van der Waals surface area contributed by atoms with Gasteiger partial charge in [-0.3, -0.25) is 19.3 Å². The lowest BCUT2D eigenvalue weighted by molar-refractivity contribution is -0.138. The van der Waals surface area contributed by atoms with E-state index in [2.05, 4.69) is 10.6 Å². The van der Waals surface area contributed by atoms with Gasteiger partial charge >= 0.3 is 0 Å². The number of imide groups is 1. The molecule has 7 heteroatoms. The Morgan fingerprint density at radius 1 is 1.07 bits per heavy atom. The van der Waals surface area contributed by atoms with Gasteiger partial charge in [0.25, 0.3) is 5.91 Å². The van der Waals surface area contributed by atoms with Crippen molar-refractivity contribution in [1.82, 2.24) is 4.90 Å². The maximum atomic E-state index is 12.6. The van der Waals surface area contributed by atoms with Gasteiger partial charge in [-0.2, -0.15) is 0 Å². The molecule has 0 unspecified atom stereocenters. The highest BCUT2D eigenvalue weighted by molar-refractivity contribution is 6.06. The molecular weight excluding hydrogens is 358 g/mol. The summed E-state index contributed by atoms with van der Waals surface area (Å²) in [5, 5.41) is 5.79. The van der Waals surface area contributed by atoms with E-state index in [0.29, 0.717) is 18.7 Å². The predicted octanol–water partition coefficient (Wildman–Crippen LogP) is 2.44. The zero-order valence-electron chi connectivity index (χ0n) is 15.9. The number of amides is 3. The third kappa shape index (κ3) is 4.68. The molecule has 1 saturated heterocycles. The van der Waals surface area contributed by atoms with Gasteiger partial charge in [-0.15, -0.1) is 0 Å². The average Bonchev–Trinajstić information content (AvgIpc) is 2.94. The van der Waals surface area contributed by atoms with E-state index in [4.69, 9.17) is 4.74 Å². The van der Waals surface area contributed by atoms with Crippen molar-refractivity contribution in [3.05, 3.63) is 54.1 Å². The van der Waals surface area contributed by atoms with Gasteiger partial charge in [0.05, 0.1) is 13.5 Å². The molecule has 1 heterocycles. The zero-order valence-corrected chi connectivity index (χ0v) is 15.9. The van der Waals surface area contributed by atoms with Crippen molar-refractivity contribution in [2.45, 2.75) is 25.8 Å². The fourth-order valence-corrected chi connectivity index (χ4v) is 3.12. The number of rotatable bonds is 7. The highest BCUT2D eigenvalue weighted by Gasteiger charge is 2.38. The third-order valence-corrected chi connectivity index (χ3v) is 4.57. The molecule has 3 rings (SSSR count). The van der Waals surface area contributed by atoms with Gasteiger partial charge in [0.2, 0.25) is 11.8 Å². The van der Waals surface area contributed by atoms with Gasteiger partial charge in [-0.25, -0.2) is 0 Å². The van der Waals surface area contributed by atoms with E-state index in [-0.39, 0.29) is 24.1 Å². The molecule has 2 aromatic rings. The molecule has 3 amide bonds. The van der Waals surface area contributed by atoms with Gasteiger partial charge in [-0.1, -0.05) is 12.1 Å². The summed E-state index contributed by atoms with van der Waals surface area (Å²) in [6.45, 7) is 1.79. The molecule has 1 aliphatic heterocycles. The molecule has 1 atom stereocenters. The maximum Gasteiger partial charge on any atom is 0.252 e. The number of nitrogens with one attached hydrogen (secondary N) is 2. The van der Waals surface area contributed by atoms with Crippen LogP contribution in [0.5, 0.6) is 5.75 Å². The number of carbonyl (C=O) groups is 3. The smallest absolute Gasteiger partial charge is 0.252 e. The van der Waals surface area contributed by atoms with E-state index < -0.39 is 6.04 Å². The van der Waals surface area contributed by atoms with Crippen LogP contribution in [0.2, 0.25) is 0 Å². The zero-order chi connectivity index (χ0) is 20.1. The summed E-state index contributed by atoms with van der Waals surface area (Å²) < 4.78 is 5.13. The predicted molar refractivity (Wildman–Crippen MR) is 106 cm³/mol. The van der Waals surface area contributed by atoms with E-state index in [0.717, 1.165) is 17.0 Å². The van der Waals surface area contributed by atoms with Gasteiger partial charge in [-0.05, 0) is 48.4 Å². The second-order valence-electron chi connectivity index (χ2n) is 6.64. The molecule has 7 nitrogen and oxygen atoms in total. The Morgan fingerprint density at radius 3 is 2.32 bits per heavy atom. The van der Waals surface area contributed by atoms with Crippen LogP contribution in [0.25, 0.3) is 0 Å². The van der Waals surface area contributed by atoms with Crippen LogP contribution in [0.15, 0.2) is 48.5 Å². The second kappa shape index (κ2) is 8.56. The van der Waals surface area contributed by atoms with Gasteiger partial charge < -0.3 is 15.4 Å². The average molecular weight is 381 g/mol. The Bertz CT molecular complexity index is 862. The Hall–Kier alpha value is -3.35. The topological polar surface area (TPSA) is 87.7 Å². The van der Waals surface area contributed by atoms with E-state index >= 15 is 0 Å². The van der Waals surface area contributed by atoms with Crippen molar-refractivity contribution in [1.29, 1.82) is 0 Å². The van der Waals surface area contributed by atoms with E-state index in [1.165, 1.54) is 11.8 Å². The Balaban J connectivity index is 1.57. The fraction of sp³-hybridized carbons (Fsp3) is 0.286. The van der Waals surface area contributed by atoms with Crippen molar-refractivity contribution < 1.29 is 19.1 Å². The fourth-order valence-electron chi connectivity index (χ4n) is 3.12. The van der Waals surface area contributed by atoms with E-state index in [1.54, 1.807) is 31.4 Å². The maximum absolute atomic E-state index is 12.6. The van der Waals surface area contributed by atoms with Crippen LogP contribution in [-0.4, -0.2) is 42.3 Å². The number of likely N-dealkylation sites (tertiary alicyclic amines) is 1. The summed E-state index contributed by atoms with van der Waals surface area (Å²) in [4.78, 5) is 37.3. The van der Waals surface area contributed by atoms with Crippen molar-refractivity contribution in [2.75, 3.05) is 24.3 Å². The Kier molecular flexibility index (Phi) is 5.93. The highest BCUT2D eigenvalue weighted by Crippen LogP contribution is 2.21. The van der Waals surface area contributed by atoms with Crippen LogP contribution in [0.3, 0.4) is 0 Å². The van der Waals surface area contributed by atoms with E-state index in [1.807, 2.05) is 24.3 Å². The Morgan fingerprint density at radius 2 is 1.71 bits per heavy atom. The van der Waals surface area contributed by atoms with Crippen molar-refractivity contribution in [2.24, 2.45) is 0 Å². The van der Waals surface area contributed by atoms with E-state index in [9.17, 15) is 14.4 Å². The summed E-state index contributed by atoms with van der Waals surface area (Å²) in [6, 6.07) is 14.0. The molecule has 1 aliphatic rings. The van der Waals surface area contributed by atoms with Crippen LogP contribution < -0.4 is 15.4 Å². The lowest BCUT2D eigenvalue weighted by atomic mass is 10.1. The first-order chi connectivity index (χ1) is 13.5.